The van der Waals surface area contributed by atoms with Gasteiger partial charge in [-0.3, -0.25) is 19.2 Å². The molecule has 5 rings (SSSR count). The summed E-state index contributed by atoms with van der Waals surface area (Å²) in [5.41, 5.74) is 0.360. The highest BCUT2D eigenvalue weighted by Gasteiger charge is 2.71. The number of hydrogen-bond donors (Lipinski definition) is 3. The summed E-state index contributed by atoms with van der Waals surface area (Å²) in [7, 11) is 0. The van der Waals surface area contributed by atoms with E-state index < -0.39 is 17.4 Å². The first-order chi connectivity index (χ1) is 22.6. The van der Waals surface area contributed by atoms with Crippen molar-refractivity contribution in [2.75, 3.05) is 13.1 Å². The molecule has 0 radical (unpaired) electrons. The van der Waals surface area contributed by atoms with Gasteiger partial charge in [-0.05, 0) is 136 Å². The number of amides is 2. The highest BCUT2D eigenvalue weighted by molar-refractivity contribution is 5.81. The summed E-state index contributed by atoms with van der Waals surface area (Å²) in [5.74, 6) is 1.06. The van der Waals surface area contributed by atoms with Crippen molar-refractivity contribution in [3.05, 3.63) is 12.2 Å². The van der Waals surface area contributed by atoms with Gasteiger partial charge >= 0.3 is 11.9 Å². The van der Waals surface area contributed by atoms with Crippen LogP contribution in [0.25, 0.3) is 0 Å². The van der Waals surface area contributed by atoms with Crippen molar-refractivity contribution in [1.29, 1.82) is 0 Å². The van der Waals surface area contributed by atoms with Crippen molar-refractivity contribution in [2.45, 2.75) is 145 Å². The lowest BCUT2D eigenvalue weighted by atomic mass is 9.32. The molecule has 0 aliphatic heterocycles. The zero-order valence-corrected chi connectivity index (χ0v) is 32.1. The first-order valence-corrected chi connectivity index (χ1v) is 19.2. The number of aliphatic carboxylic acids is 1. The molecule has 0 aromatic rings. The minimum atomic E-state index is -1.15. The predicted molar refractivity (Wildman–Crippen MR) is 191 cm³/mol. The monoisotopic (exact) mass is 682 g/mol. The van der Waals surface area contributed by atoms with Gasteiger partial charge in [0.2, 0.25) is 11.8 Å². The fraction of sp³-hybridized carbons (Fsp3) is 0.854. The first-order valence-electron chi connectivity index (χ1n) is 19.2. The summed E-state index contributed by atoms with van der Waals surface area (Å²) in [4.78, 5) is 49.5. The second kappa shape index (κ2) is 13.0. The van der Waals surface area contributed by atoms with Crippen molar-refractivity contribution in [3.63, 3.8) is 0 Å². The van der Waals surface area contributed by atoms with Gasteiger partial charge in [0.15, 0.2) is 0 Å². The number of carbonyl (C=O) groups excluding carboxylic acids is 3. The van der Waals surface area contributed by atoms with Gasteiger partial charge in [-0.25, -0.2) is 0 Å². The third kappa shape index (κ3) is 6.27. The molecule has 2 amide bonds. The summed E-state index contributed by atoms with van der Waals surface area (Å²) in [6.45, 7) is 24.6. The topological polar surface area (TPSA) is 122 Å². The van der Waals surface area contributed by atoms with E-state index in [4.69, 9.17) is 4.74 Å². The molecule has 3 N–H and O–H groups in total. The lowest BCUT2D eigenvalue weighted by Gasteiger charge is -2.73. The SMILES string of the molecule is C=C(C)[C@@H]1CC[C@]2(CC(=O)NCCNC(C)=O)CCC3(C)C(CC[C@@H]4[C@@]5(C)CC[C@H](OC(=O)CC(C)(C)C(=O)O)C(C)(C)[C@@H]5CC[C@]43C)[C@@H]12. The fourth-order valence-electron chi connectivity index (χ4n) is 13.2. The van der Waals surface area contributed by atoms with Gasteiger partial charge in [-0.2, -0.15) is 0 Å². The summed E-state index contributed by atoms with van der Waals surface area (Å²) < 4.78 is 6.16. The minimum absolute atomic E-state index is 0.00465. The molecule has 0 aromatic heterocycles. The quantitative estimate of drug-likeness (QED) is 0.123. The smallest absolute Gasteiger partial charge is 0.309 e. The number of esters is 1. The van der Waals surface area contributed by atoms with Crippen molar-refractivity contribution in [2.24, 2.45) is 62.1 Å². The molecule has 0 aromatic carbocycles. The van der Waals surface area contributed by atoms with Crippen LogP contribution in [0.3, 0.4) is 0 Å². The van der Waals surface area contributed by atoms with E-state index in [0.717, 1.165) is 51.4 Å². The molecule has 276 valence electrons. The maximum Gasteiger partial charge on any atom is 0.309 e. The number of ether oxygens (including phenoxy) is 1. The number of allylic oxidation sites excluding steroid dienone is 1. The Bertz CT molecular complexity index is 1350. The van der Waals surface area contributed by atoms with Crippen LogP contribution in [0.2, 0.25) is 0 Å². The van der Waals surface area contributed by atoms with Gasteiger partial charge in [0.25, 0.3) is 0 Å². The zero-order valence-electron chi connectivity index (χ0n) is 32.1. The van der Waals surface area contributed by atoms with Crippen LogP contribution < -0.4 is 10.6 Å². The highest BCUT2D eigenvalue weighted by atomic mass is 16.5. The largest absolute Gasteiger partial charge is 0.481 e. The Morgan fingerprint density at radius 2 is 1.49 bits per heavy atom. The van der Waals surface area contributed by atoms with Crippen molar-refractivity contribution >= 4 is 23.8 Å². The Hall–Kier alpha value is -2.38. The molecule has 5 aliphatic rings. The first kappa shape index (κ1) is 37.9. The van der Waals surface area contributed by atoms with E-state index in [1.54, 1.807) is 13.8 Å². The van der Waals surface area contributed by atoms with E-state index in [1.165, 1.54) is 25.3 Å². The zero-order chi connectivity index (χ0) is 36.4. The molecule has 10 atom stereocenters. The molecule has 5 aliphatic carbocycles. The average molecular weight is 683 g/mol. The Balaban J connectivity index is 1.37. The van der Waals surface area contributed by atoms with Crippen LogP contribution in [-0.2, 0) is 23.9 Å². The van der Waals surface area contributed by atoms with Crippen LogP contribution in [0.15, 0.2) is 12.2 Å². The number of carbonyl (C=O) groups is 4. The van der Waals surface area contributed by atoms with Crippen molar-refractivity contribution in [1.82, 2.24) is 10.6 Å². The van der Waals surface area contributed by atoms with Crippen LogP contribution in [-0.4, -0.2) is 48.1 Å². The van der Waals surface area contributed by atoms with Gasteiger partial charge in [-0.1, -0.05) is 46.8 Å². The van der Waals surface area contributed by atoms with E-state index in [9.17, 15) is 24.3 Å². The van der Waals surface area contributed by atoms with Gasteiger partial charge in [-0.15, -0.1) is 0 Å². The molecule has 5 saturated carbocycles. The Morgan fingerprint density at radius 1 is 0.816 bits per heavy atom. The average Bonchev–Trinajstić information content (AvgIpc) is 3.36. The van der Waals surface area contributed by atoms with Crippen LogP contribution in [0, 0.1) is 62.1 Å². The van der Waals surface area contributed by atoms with Gasteiger partial charge in [0.1, 0.15) is 6.10 Å². The lowest BCUT2D eigenvalue weighted by Crippen LogP contribution is -2.67. The Labute approximate surface area is 295 Å². The number of carboxylic acids is 1. The van der Waals surface area contributed by atoms with E-state index in [2.05, 4.69) is 58.8 Å². The Kier molecular flexibility index (Phi) is 10.0. The van der Waals surface area contributed by atoms with Crippen LogP contribution in [0.5, 0.6) is 0 Å². The van der Waals surface area contributed by atoms with Crippen LogP contribution >= 0.6 is 0 Å². The fourth-order valence-corrected chi connectivity index (χ4v) is 13.2. The maximum absolute atomic E-state index is 13.4. The molecule has 2 unspecified atom stereocenters. The third-order valence-electron chi connectivity index (χ3n) is 16.0. The van der Waals surface area contributed by atoms with Gasteiger partial charge in [0.05, 0.1) is 11.8 Å². The van der Waals surface area contributed by atoms with E-state index in [-0.39, 0.29) is 51.4 Å². The molecule has 0 bridgehead atoms. The highest BCUT2D eigenvalue weighted by Crippen LogP contribution is 2.78. The second-order valence-corrected chi connectivity index (χ2v) is 19.3. The van der Waals surface area contributed by atoms with Crippen molar-refractivity contribution < 1.29 is 29.0 Å². The minimum Gasteiger partial charge on any atom is -0.481 e. The lowest BCUT2D eigenvalue weighted by molar-refractivity contribution is -0.250. The summed E-state index contributed by atoms with van der Waals surface area (Å²) in [6.07, 6.45) is 11.1. The molecule has 8 nitrogen and oxygen atoms in total. The Morgan fingerprint density at radius 3 is 2.12 bits per heavy atom. The summed E-state index contributed by atoms with van der Waals surface area (Å²) in [6, 6.07) is 0. The standard InChI is InChI=1S/C41H66N2O6/c1-25(2)27-13-18-41(23-32(45)43-22-21-42-26(3)44)20-19-39(9)28(34(27)41)11-12-30-38(8)16-15-31(49-33(46)24-36(4,5)35(47)48)37(6,7)29(38)14-17-40(30,39)10/h27-31,34H,1,11-24H2,2-10H3,(H,42,44)(H,43,45)(H,47,48)/t27-,28?,29-,30+,31-,34+,38-,39?,40+,41+/m0/s1. The van der Waals surface area contributed by atoms with E-state index >= 15 is 0 Å². The van der Waals surface area contributed by atoms with E-state index in [1.807, 2.05) is 0 Å². The van der Waals surface area contributed by atoms with Crippen LogP contribution in [0.4, 0.5) is 0 Å². The molecule has 0 spiro atoms. The van der Waals surface area contributed by atoms with E-state index in [0.29, 0.717) is 49.1 Å². The third-order valence-corrected chi connectivity index (χ3v) is 16.0. The number of hydrogen-bond acceptors (Lipinski definition) is 5. The van der Waals surface area contributed by atoms with Gasteiger partial charge < -0.3 is 20.5 Å². The molecule has 0 saturated heterocycles. The molecule has 8 heteroatoms. The summed E-state index contributed by atoms with van der Waals surface area (Å²) >= 11 is 0. The molecular weight excluding hydrogens is 616 g/mol. The maximum atomic E-state index is 13.4. The second-order valence-electron chi connectivity index (χ2n) is 19.3. The normalized spacial score (nSPS) is 40.8. The number of nitrogens with one attached hydrogen (secondary N) is 2. The summed E-state index contributed by atoms with van der Waals surface area (Å²) in [5, 5.41) is 15.5. The molecular formula is C41H66N2O6. The number of fused-ring (bicyclic) bond motifs is 7. The molecule has 49 heavy (non-hydrogen) atoms. The molecule has 0 heterocycles. The number of carboxylic acid groups (broad SMARTS) is 1. The molecule has 5 fully saturated rings. The van der Waals surface area contributed by atoms with Gasteiger partial charge in [0, 0.05) is 31.8 Å². The number of rotatable bonds is 10. The van der Waals surface area contributed by atoms with Crippen molar-refractivity contribution in [3.8, 4) is 0 Å². The predicted octanol–water partition coefficient (Wildman–Crippen LogP) is 7.70. The van der Waals surface area contributed by atoms with Crippen LogP contribution in [0.1, 0.15) is 139 Å².